The number of aryl methyl sites for hydroxylation is 1. The summed E-state index contributed by atoms with van der Waals surface area (Å²) in [5.74, 6) is 0. The van der Waals surface area contributed by atoms with E-state index >= 15 is 0 Å². The molecular weight excluding hydrogens is 252 g/mol. The number of amides is 2. The number of nitrogens with zero attached hydrogens (tertiary/aromatic N) is 2. The molecule has 0 spiro atoms. The second-order valence-electron chi connectivity index (χ2n) is 5.62. The van der Waals surface area contributed by atoms with Gasteiger partial charge in [0.05, 0.1) is 6.04 Å². The van der Waals surface area contributed by atoms with E-state index in [1.54, 1.807) is 0 Å². The Kier molecular flexibility index (Phi) is 3.53. The van der Waals surface area contributed by atoms with Crippen LogP contribution in [0.4, 0.5) is 10.5 Å². The number of nitrogens with one attached hydrogen (secondary N) is 2. The summed E-state index contributed by atoms with van der Waals surface area (Å²) in [5.41, 5.74) is 3.92. The molecule has 0 radical (unpaired) electrons. The highest BCUT2D eigenvalue weighted by molar-refractivity contribution is 5.77. The molecule has 2 heterocycles. The lowest BCUT2D eigenvalue weighted by molar-refractivity contribution is 0.197. The van der Waals surface area contributed by atoms with Gasteiger partial charge in [-0.05, 0) is 37.2 Å². The summed E-state index contributed by atoms with van der Waals surface area (Å²) < 4.78 is 0. The monoisotopic (exact) mass is 274 g/mol. The lowest BCUT2D eigenvalue weighted by Crippen LogP contribution is -2.52. The zero-order chi connectivity index (χ0) is 14.1. The number of fused-ring (bicyclic) bond motifs is 1. The van der Waals surface area contributed by atoms with Crippen LogP contribution in [0.2, 0.25) is 0 Å². The van der Waals surface area contributed by atoms with Gasteiger partial charge in [-0.2, -0.15) is 0 Å². The number of piperazine rings is 1. The molecule has 2 N–H and O–H groups in total. The fraction of sp³-hybridized carbons (Fsp3) is 0.533. The first-order chi connectivity index (χ1) is 9.69. The van der Waals surface area contributed by atoms with E-state index in [1.807, 2.05) is 11.9 Å². The first-order valence-electron chi connectivity index (χ1n) is 7.22. The van der Waals surface area contributed by atoms with Gasteiger partial charge in [0.25, 0.3) is 0 Å². The van der Waals surface area contributed by atoms with Gasteiger partial charge >= 0.3 is 6.03 Å². The summed E-state index contributed by atoms with van der Waals surface area (Å²) in [4.78, 5) is 16.0. The quantitative estimate of drug-likeness (QED) is 0.862. The van der Waals surface area contributed by atoms with E-state index in [9.17, 15) is 4.79 Å². The largest absolute Gasteiger partial charge is 0.368 e. The van der Waals surface area contributed by atoms with Crippen LogP contribution < -0.4 is 15.5 Å². The lowest BCUT2D eigenvalue weighted by Gasteiger charge is -2.38. The molecule has 2 fully saturated rings. The molecule has 5 nitrogen and oxygen atoms in total. The lowest BCUT2D eigenvalue weighted by atomic mass is 10.1. The Balaban J connectivity index is 1.74. The highest BCUT2D eigenvalue weighted by atomic mass is 16.2. The summed E-state index contributed by atoms with van der Waals surface area (Å²) >= 11 is 0. The number of hydrogen-bond donors (Lipinski definition) is 2. The third-order valence-electron chi connectivity index (χ3n) is 4.29. The molecule has 2 amide bonds. The number of carbonyl (C=O) groups is 1. The minimum atomic E-state index is 0.0928. The number of anilines is 1. The van der Waals surface area contributed by atoms with Crippen molar-refractivity contribution in [3.8, 4) is 0 Å². The van der Waals surface area contributed by atoms with Gasteiger partial charge in [0.15, 0.2) is 0 Å². The summed E-state index contributed by atoms with van der Waals surface area (Å²) in [6, 6.07) is 7.06. The van der Waals surface area contributed by atoms with Crippen LogP contribution in [0.15, 0.2) is 18.2 Å². The highest BCUT2D eigenvalue weighted by Gasteiger charge is 2.35. The van der Waals surface area contributed by atoms with Crippen molar-refractivity contribution in [2.75, 3.05) is 38.1 Å². The van der Waals surface area contributed by atoms with Crippen molar-refractivity contribution in [2.45, 2.75) is 19.5 Å². The molecule has 2 aliphatic heterocycles. The number of rotatable bonds is 3. The molecule has 1 aromatic rings. The van der Waals surface area contributed by atoms with E-state index in [1.165, 1.54) is 16.8 Å². The van der Waals surface area contributed by atoms with Crippen LogP contribution in [-0.4, -0.2) is 50.2 Å². The zero-order valence-corrected chi connectivity index (χ0v) is 12.1. The summed E-state index contributed by atoms with van der Waals surface area (Å²) in [6.07, 6.45) is 0. The fourth-order valence-corrected chi connectivity index (χ4v) is 3.10. The average Bonchev–Trinajstić information content (AvgIpc) is 2.82. The maximum atomic E-state index is 11.6. The van der Waals surface area contributed by atoms with Crippen LogP contribution in [0.3, 0.4) is 0 Å². The topological polar surface area (TPSA) is 47.6 Å². The fourth-order valence-electron chi connectivity index (χ4n) is 3.10. The van der Waals surface area contributed by atoms with Gasteiger partial charge in [-0.15, -0.1) is 0 Å². The molecule has 1 unspecified atom stereocenters. The molecule has 2 saturated heterocycles. The van der Waals surface area contributed by atoms with Crippen LogP contribution in [0.5, 0.6) is 0 Å². The van der Waals surface area contributed by atoms with Crippen LogP contribution in [0.25, 0.3) is 0 Å². The van der Waals surface area contributed by atoms with Crippen LogP contribution >= 0.6 is 0 Å². The number of carbonyl (C=O) groups excluding carboxylic acids is 1. The van der Waals surface area contributed by atoms with E-state index in [0.717, 1.165) is 32.7 Å². The van der Waals surface area contributed by atoms with Crippen molar-refractivity contribution in [3.05, 3.63) is 29.3 Å². The Morgan fingerprint density at radius 1 is 1.40 bits per heavy atom. The number of urea groups is 1. The Morgan fingerprint density at radius 3 is 3.00 bits per heavy atom. The molecule has 5 heteroatoms. The molecule has 0 aliphatic carbocycles. The van der Waals surface area contributed by atoms with Crippen molar-refractivity contribution in [3.63, 3.8) is 0 Å². The third-order valence-corrected chi connectivity index (χ3v) is 4.29. The predicted octanol–water partition coefficient (Wildman–Crippen LogP) is 0.928. The first-order valence-corrected chi connectivity index (χ1v) is 7.22. The van der Waals surface area contributed by atoms with Gasteiger partial charge in [0, 0.05) is 38.4 Å². The van der Waals surface area contributed by atoms with E-state index < -0.39 is 0 Å². The summed E-state index contributed by atoms with van der Waals surface area (Å²) in [6.45, 7) is 6.48. The normalized spacial score (nSPS) is 21.9. The Bertz CT molecular complexity index is 517. The van der Waals surface area contributed by atoms with Gasteiger partial charge in [0.2, 0.25) is 0 Å². The van der Waals surface area contributed by atoms with Crippen molar-refractivity contribution in [1.29, 1.82) is 0 Å². The molecule has 108 valence electrons. The molecule has 1 atom stereocenters. The van der Waals surface area contributed by atoms with Gasteiger partial charge in [0.1, 0.15) is 0 Å². The smallest absolute Gasteiger partial charge is 0.317 e. The predicted molar refractivity (Wildman–Crippen MR) is 80.0 cm³/mol. The highest BCUT2D eigenvalue weighted by Crippen LogP contribution is 2.23. The van der Waals surface area contributed by atoms with Crippen LogP contribution in [-0.2, 0) is 6.54 Å². The Hall–Kier alpha value is -1.75. The van der Waals surface area contributed by atoms with Crippen molar-refractivity contribution < 1.29 is 4.79 Å². The standard InChI is InChI=1S/C15H22N4O/c1-11-7-13(4-3-12(11)8-16-2)18-5-6-19-14(10-18)9-17-15(19)20/h3-4,7,14,16H,5-6,8-10H2,1-2H3,(H,17,20). The third kappa shape index (κ3) is 2.33. The maximum absolute atomic E-state index is 11.6. The van der Waals surface area contributed by atoms with Gasteiger partial charge in [-0.1, -0.05) is 6.07 Å². The molecule has 1 aromatic carbocycles. The molecule has 0 bridgehead atoms. The molecule has 20 heavy (non-hydrogen) atoms. The second-order valence-corrected chi connectivity index (χ2v) is 5.62. The van der Waals surface area contributed by atoms with Crippen LogP contribution in [0.1, 0.15) is 11.1 Å². The number of benzene rings is 1. The molecule has 0 aromatic heterocycles. The SMILES string of the molecule is CNCc1ccc(N2CCN3C(=O)NCC3C2)cc1C. The van der Waals surface area contributed by atoms with Crippen molar-refractivity contribution in [1.82, 2.24) is 15.5 Å². The summed E-state index contributed by atoms with van der Waals surface area (Å²) in [7, 11) is 1.97. The van der Waals surface area contributed by atoms with Gasteiger partial charge < -0.3 is 20.4 Å². The van der Waals surface area contributed by atoms with Crippen LogP contribution in [0, 0.1) is 6.92 Å². The van der Waals surface area contributed by atoms with E-state index in [-0.39, 0.29) is 6.03 Å². The van der Waals surface area contributed by atoms with E-state index in [2.05, 4.69) is 40.7 Å². The zero-order valence-electron chi connectivity index (χ0n) is 12.1. The van der Waals surface area contributed by atoms with Crippen molar-refractivity contribution in [2.24, 2.45) is 0 Å². The minimum absolute atomic E-state index is 0.0928. The van der Waals surface area contributed by atoms with Crippen molar-refractivity contribution >= 4 is 11.7 Å². The maximum Gasteiger partial charge on any atom is 0.317 e. The second kappa shape index (κ2) is 5.32. The molecular formula is C15H22N4O. The Morgan fingerprint density at radius 2 is 2.25 bits per heavy atom. The average molecular weight is 274 g/mol. The summed E-state index contributed by atoms with van der Waals surface area (Å²) in [5, 5.41) is 6.12. The van der Waals surface area contributed by atoms with E-state index in [4.69, 9.17) is 0 Å². The van der Waals surface area contributed by atoms with E-state index in [0.29, 0.717) is 6.04 Å². The van der Waals surface area contributed by atoms with Gasteiger partial charge in [-0.25, -0.2) is 4.79 Å². The molecule has 3 rings (SSSR count). The van der Waals surface area contributed by atoms with Gasteiger partial charge in [-0.3, -0.25) is 0 Å². The minimum Gasteiger partial charge on any atom is -0.368 e. The molecule has 2 aliphatic rings. The Labute approximate surface area is 119 Å². The number of hydrogen-bond acceptors (Lipinski definition) is 3. The first kappa shape index (κ1) is 13.2. The molecule has 0 saturated carbocycles.